The van der Waals surface area contributed by atoms with E-state index < -0.39 is 5.97 Å². The van der Waals surface area contributed by atoms with Gasteiger partial charge in [0, 0.05) is 12.8 Å². The maximum Gasteiger partial charge on any atom is 0.340 e. The number of hydrogen-bond acceptors (Lipinski definition) is 4. The van der Waals surface area contributed by atoms with Gasteiger partial charge in [-0.15, -0.1) is 0 Å². The number of ether oxygens (including phenoxy) is 1. The Morgan fingerprint density at radius 1 is 1.69 bits per heavy atom. The number of rotatable bonds is 2. The monoisotopic (exact) mass is 221 g/mol. The normalized spacial score (nSPS) is 20.3. The Balaban J connectivity index is 2.28. The lowest BCUT2D eigenvalue weighted by Gasteiger charge is -2.22. The van der Waals surface area contributed by atoms with E-state index in [1.54, 1.807) is 6.07 Å². The summed E-state index contributed by atoms with van der Waals surface area (Å²) in [6.07, 6.45) is 3.94. The number of nitrogens with zero attached hydrogens (tertiary/aromatic N) is 3. The van der Waals surface area contributed by atoms with Gasteiger partial charge in [0.25, 0.3) is 0 Å². The summed E-state index contributed by atoms with van der Waals surface area (Å²) < 4.78 is 6.89. The van der Waals surface area contributed by atoms with E-state index in [0.717, 1.165) is 19.3 Å². The highest BCUT2D eigenvalue weighted by Crippen LogP contribution is 2.22. The van der Waals surface area contributed by atoms with Gasteiger partial charge in [-0.2, -0.15) is 10.4 Å². The topological polar surface area (TPSA) is 88.1 Å². The van der Waals surface area contributed by atoms with Crippen LogP contribution in [-0.2, 0) is 4.74 Å². The molecule has 1 saturated heterocycles. The van der Waals surface area contributed by atoms with Crippen LogP contribution in [0.1, 0.15) is 41.5 Å². The molecule has 1 aromatic rings. The van der Waals surface area contributed by atoms with Crippen molar-refractivity contribution >= 4 is 5.97 Å². The number of hydrogen-bond donors (Lipinski definition) is 1. The second kappa shape index (κ2) is 4.33. The van der Waals surface area contributed by atoms with Crippen molar-refractivity contribution in [1.82, 2.24) is 9.78 Å². The molecule has 0 radical (unpaired) electrons. The zero-order valence-corrected chi connectivity index (χ0v) is 8.59. The zero-order valence-electron chi connectivity index (χ0n) is 8.59. The second-order valence-corrected chi connectivity index (χ2v) is 3.61. The first-order valence-electron chi connectivity index (χ1n) is 5.06. The average Bonchev–Trinajstić information content (AvgIpc) is 2.74. The van der Waals surface area contributed by atoms with Crippen LogP contribution in [0.2, 0.25) is 0 Å². The first kappa shape index (κ1) is 10.6. The molecule has 6 nitrogen and oxygen atoms in total. The highest BCUT2D eigenvalue weighted by molar-refractivity contribution is 5.89. The summed E-state index contributed by atoms with van der Waals surface area (Å²) >= 11 is 0. The van der Waals surface area contributed by atoms with Gasteiger partial charge in [0.2, 0.25) is 0 Å². The maximum absolute atomic E-state index is 10.8. The van der Waals surface area contributed by atoms with Gasteiger partial charge < -0.3 is 9.84 Å². The Morgan fingerprint density at radius 3 is 3.00 bits per heavy atom. The van der Waals surface area contributed by atoms with Crippen molar-refractivity contribution in [3.63, 3.8) is 0 Å². The zero-order chi connectivity index (χ0) is 11.5. The van der Waals surface area contributed by atoms with E-state index in [4.69, 9.17) is 15.1 Å². The summed E-state index contributed by atoms with van der Waals surface area (Å²) in [5.74, 6) is -1.14. The Morgan fingerprint density at radius 2 is 2.50 bits per heavy atom. The van der Waals surface area contributed by atoms with Crippen LogP contribution in [-0.4, -0.2) is 27.5 Å². The molecule has 1 unspecified atom stereocenters. The molecule has 0 aromatic carbocycles. The van der Waals surface area contributed by atoms with Gasteiger partial charge in [-0.1, -0.05) is 0 Å². The van der Waals surface area contributed by atoms with Crippen molar-refractivity contribution in [2.75, 3.05) is 6.61 Å². The lowest BCUT2D eigenvalue weighted by atomic mass is 10.2. The minimum absolute atomic E-state index is 0.0679. The first-order chi connectivity index (χ1) is 7.72. The Labute approximate surface area is 92.0 Å². The van der Waals surface area contributed by atoms with E-state index >= 15 is 0 Å². The number of carboxylic acids is 1. The highest BCUT2D eigenvalue weighted by Gasteiger charge is 2.21. The summed E-state index contributed by atoms with van der Waals surface area (Å²) in [4.78, 5) is 10.8. The highest BCUT2D eigenvalue weighted by atomic mass is 16.5. The Bertz CT molecular complexity index is 441. The van der Waals surface area contributed by atoms with E-state index in [0.29, 0.717) is 6.61 Å². The molecule has 1 atom stereocenters. The molecule has 6 heteroatoms. The van der Waals surface area contributed by atoms with Gasteiger partial charge in [0.05, 0.1) is 0 Å². The fraction of sp³-hybridized carbons (Fsp3) is 0.500. The number of carboxylic acid groups (broad SMARTS) is 1. The van der Waals surface area contributed by atoms with Gasteiger partial charge in [-0.25, -0.2) is 9.48 Å². The molecule has 84 valence electrons. The summed E-state index contributed by atoms with van der Waals surface area (Å²) in [6.45, 7) is 0.648. The third kappa shape index (κ3) is 1.90. The minimum Gasteiger partial charge on any atom is -0.478 e. The van der Waals surface area contributed by atoms with Gasteiger partial charge in [-0.05, 0) is 19.3 Å². The first-order valence-corrected chi connectivity index (χ1v) is 5.06. The van der Waals surface area contributed by atoms with Crippen molar-refractivity contribution < 1.29 is 14.6 Å². The molecule has 0 saturated carbocycles. The fourth-order valence-electron chi connectivity index (χ4n) is 1.71. The van der Waals surface area contributed by atoms with Crippen molar-refractivity contribution in [3.05, 3.63) is 17.5 Å². The lowest BCUT2D eigenvalue weighted by Crippen LogP contribution is -2.18. The Hall–Kier alpha value is -1.87. The quantitative estimate of drug-likeness (QED) is 0.809. The van der Waals surface area contributed by atoms with Crippen LogP contribution in [0.5, 0.6) is 0 Å². The summed E-state index contributed by atoms with van der Waals surface area (Å²) in [5, 5.41) is 21.5. The van der Waals surface area contributed by atoms with Crippen LogP contribution in [0.25, 0.3) is 0 Å². The predicted octanol–water partition coefficient (Wildman–Crippen LogP) is 1.15. The molecule has 1 fully saturated rings. The standard InChI is InChI=1S/C10H11N3O3/c11-5-8-7(10(14)15)6-13(12-8)9-3-1-2-4-16-9/h6,9H,1-4H2,(H,14,15). The van der Waals surface area contributed by atoms with E-state index in [1.807, 2.05) is 0 Å². The molecule has 0 spiro atoms. The van der Waals surface area contributed by atoms with Gasteiger partial charge in [0.15, 0.2) is 5.69 Å². The summed E-state index contributed by atoms with van der Waals surface area (Å²) in [6, 6.07) is 1.77. The molecule has 1 aliphatic rings. The molecular weight excluding hydrogens is 210 g/mol. The van der Waals surface area contributed by atoms with Gasteiger partial charge >= 0.3 is 5.97 Å². The van der Waals surface area contributed by atoms with Crippen LogP contribution in [0.15, 0.2) is 6.20 Å². The van der Waals surface area contributed by atoms with E-state index in [1.165, 1.54) is 10.9 Å². The molecule has 0 bridgehead atoms. The molecule has 1 N–H and O–H groups in total. The second-order valence-electron chi connectivity index (χ2n) is 3.61. The molecule has 2 heterocycles. The van der Waals surface area contributed by atoms with E-state index in [2.05, 4.69) is 5.10 Å². The predicted molar refractivity (Wildman–Crippen MR) is 52.7 cm³/mol. The van der Waals surface area contributed by atoms with Crippen LogP contribution >= 0.6 is 0 Å². The van der Waals surface area contributed by atoms with Crippen molar-refractivity contribution in [2.45, 2.75) is 25.5 Å². The van der Waals surface area contributed by atoms with E-state index in [9.17, 15) is 4.79 Å². The summed E-state index contributed by atoms with van der Waals surface area (Å²) in [5.41, 5.74) is -0.140. The van der Waals surface area contributed by atoms with Gasteiger partial charge in [0.1, 0.15) is 17.9 Å². The molecular formula is C10H11N3O3. The van der Waals surface area contributed by atoms with Crippen molar-refractivity contribution in [3.8, 4) is 6.07 Å². The molecule has 0 aliphatic carbocycles. The fourth-order valence-corrected chi connectivity index (χ4v) is 1.71. The number of carbonyl (C=O) groups is 1. The van der Waals surface area contributed by atoms with E-state index in [-0.39, 0.29) is 17.5 Å². The minimum atomic E-state index is -1.14. The molecule has 0 amide bonds. The van der Waals surface area contributed by atoms with Crippen LogP contribution in [0.4, 0.5) is 0 Å². The third-order valence-electron chi connectivity index (χ3n) is 2.52. The number of nitriles is 1. The smallest absolute Gasteiger partial charge is 0.340 e. The van der Waals surface area contributed by atoms with Crippen molar-refractivity contribution in [1.29, 1.82) is 5.26 Å². The largest absolute Gasteiger partial charge is 0.478 e. The van der Waals surface area contributed by atoms with Crippen molar-refractivity contribution in [2.24, 2.45) is 0 Å². The lowest BCUT2D eigenvalue weighted by molar-refractivity contribution is -0.0395. The van der Waals surface area contributed by atoms with Gasteiger partial charge in [-0.3, -0.25) is 0 Å². The molecule has 2 rings (SSSR count). The average molecular weight is 221 g/mol. The molecule has 1 aliphatic heterocycles. The third-order valence-corrected chi connectivity index (χ3v) is 2.52. The maximum atomic E-state index is 10.8. The van der Waals surface area contributed by atoms with Crippen LogP contribution in [0, 0.1) is 11.3 Å². The summed E-state index contributed by atoms with van der Waals surface area (Å²) in [7, 11) is 0. The Kier molecular flexibility index (Phi) is 2.88. The van der Waals surface area contributed by atoms with Crippen LogP contribution < -0.4 is 0 Å². The number of aromatic nitrogens is 2. The van der Waals surface area contributed by atoms with Crippen LogP contribution in [0.3, 0.4) is 0 Å². The molecule has 1 aromatic heterocycles. The molecule has 16 heavy (non-hydrogen) atoms. The number of aromatic carboxylic acids is 1. The SMILES string of the molecule is N#Cc1nn(C2CCCCO2)cc1C(=O)O.